The number of amides is 1. The van der Waals surface area contributed by atoms with Gasteiger partial charge in [0.1, 0.15) is 5.60 Å². The summed E-state index contributed by atoms with van der Waals surface area (Å²) in [5, 5.41) is 2.15. The maximum absolute atomic E-state index is 12.2. The molecule has 2 N–H and O–H groups in total. The Balaban J connectivity index is 0.00000320. The van der Waals surface area contributed by atoms with E-state index in [1.807, 2.05) is 32.1 Å². The van der Waals surface area contributed by atoms with E-state index in [1.54, 1.807) is 4.90 Å². The van der Waals surface area contributed by atoms with Crippen molar-refractivity contribution in [2.45, 2.75) is 45.8 Å². The van der Waals surface area contributed by atoms with Gasteiger partial charge < -0.3 is 20.3 Å². The quantitative estimate of drug-likeness (QED) is 0.354. The third-order valence-electron chi connectivity index (χ3n) is 5.43. The predicted molar refractivity (Wildman–Crippen MR) is 134 cm³/mol. The van der Waals surface area contributed by atoms with Crippen molar-refractivity contribution in [2.75, 3.05) is 45.8 Å². The van der Waals surface area contributed by atoms with Crippen LogP contribution in [0.25, 0.3) is 0 Å². The smallest absolute Gasteiger partial charge is 0.410 e. The van der Waals surface area contributed by atoms with Gasteiger partial charge in [0.15, 0.2) is 5.96 Å². The third-order valence-corrected chi connectivity index (χ3v) is 6.29. The van der Waals surface area contributed by atoms with Crippen molar-refractivity contribution in [3.8, 4) is 0 Å². The van der Waals surface area contributed by atoms with E-state index in [0.717, 1.165) is 26.2 Å². The van der Waals surface area contributed by atoms with Crippen LogP contribution >= 0.6 is 35.3 Å². The molecule has 0 atom stereocenters. The molecule has 1 aromatic rings. The van der Waals surface area contributed by atoms with Gasteiger partial charge in [-0.1, -0.05) is 6.07 Å². The van der Waals surface area contributed by atoms with E-state index in [9.17, 15) is 4.79 Å². The Morgan fingerprint density at radius 2 is 1.80 bits per heavy atom. The Morgan fingerprint density at radius 1 is 1.17 bits per heavy atom. The number of nitrogens with two attached hydrogens (primary N) is 1. The van der Waals surface area contributed by atoms with Crippen molar-refractivity contribution < 1.29 is 9.53 Å². The first kappa shape index (κ1) is 25.2. The number of hydrogen-bond donors (Lipinski definition) is 1. The standard InChI is InChI=1S/C21H35N5O2S.HI/c1-21(2,3)28-20(27)26-12-10-25(11-13-26)19(22)23-15-17-6-8-24(9-7-17)16-18-5-4-14-29-18;/h4-5,14,17H,6-13,15-16H2,1-3H3,(H2,22,23);1H. The zero-order valence-electron chi connectivity index (χ0n) is 18.4. The molecule has 1 aromatic heterocycles. The lowest BCUT2D eigenvalue weighted by atomic mass is 9.97. The lowest BCUT2D eigenvalue weighted by Crippen LogP contribution is -2.53. The molecule has 0 aromatic carbocycles. The van der Waals surface area contributed by atoms with Gasteiger partial charge in [0.25, 0.3) is 0 Å². The number of halogens is 1. The van der Waals surface area contributed by atoms with E-state index in [2.05, 4.69) is 32.3 Å². The average Bonchev–Trinajstić information content (AvgIpc) is 3.19. The van der Waals surface area contributed by atoms with Crippen LogP contribution in [0.15, 0.2) is 22.5 Å². The van der Waals surface area contributed by atoms with Gasteiger partial charge in [0, 0.05) is 44.1 Å². The van der Waals surface area contributed by atoms with E-state index in [-0.39, 0.29) is 30.1 Å². The predicted octanol–water partition coefficient (Wildman–Crippen LogP) is 3.45. The van der Waals surface area contributed by atoms with Gasteiger partial charge in [-0.25, -0.2) is 4.79 Å². The van der Waals surface area contributed by atoms with Crippen LogP contribution in [0, 0.1) is 5.92 Å². The summed E-state index contributed by atoms with van der Waals surface area (Å²) in [5.74, 6) is 1.21. The molecular weight excluding hydrogens is 513 g/mol. The molecule has 0 saturated carbocycles. The number of guanidine groups is 1. The van der Waals surface area contributed by atoms with Crippen LogP contribution in [-0.2, 0) is 11.3 Å². The summed E-state index contributed by atoms with van der Waals surface area (Å²) in [6.45, 7) is 12.4. The minimum Gasteiger partial charge on any atom is -0.444 e. The molecule has 1 amide bonds. The molecule has 3 heterocycles. The van der Waals surface area contributed by atoms with Crippen molar-refractivity contribution in [3.63, 3.8) is 0 Å². The van der Waals surface area contributed by atoms with E-state index >= 15 is 0 Å². The van der Waals surface area contributed by atoms with Crippen LogP contribution in [0.4, 0.5) is 4.79 Å². The van der Waals surface area contributed by atoms with E-state index in [0.29, 0.717) is 38.1 Å². The van der Waals surface area contributed by atoms with Gasteiger partial charge >= 0.3 is 6.09 Å². The monoisotopic (exact) mass is 549 g/mol. The zero-order chi connectivity index (χ0) is 20.9. The van der Waals surface area contributed by atoms with E-state index in [4.69, 9.17) is 10.5 Å². The number of ether oxygens (including phenoxy) is 1. The van der Waals surface area contributed by atoms with Gasteiger partial charge in [-0.15, -0.1) is 35.3 Å². The number of likely N-dealkylation sites (tertiary alicyclic amines) is 1. The van der Waals surface area contributed by atoms with Crippen LogP contribution in [0.3, 0.4) is 0 Å². The Labute approximate surface area is 201 Å². The third kappa shape index (κ3) is 7.88. The highest BCUT2D eigenvalue weighted by Crippen LogP contribution is 2.21. The van der Waals surface area contributed by atoms with Crippen molar-refractivity contribution in [3.05, 3.63) is 22.4 Å². The Hall–Kier alpha value is -1.07. The van der Waals surface area contributed by atoms with Gasteiger partial charge in [-0.2, -0.15) is 0 Å². The first-order chi connectivity index (χ1) is 13.8. The molecule has 0 aliphatic carbocycles. The van der Waals surface area contributed by atoms with Crippen molar-refractivity contribution in [2.24, 2.45) is 16.6 Å². The minimum atomic E-state index is -0.464. The fourth-order valence-electron chi connectivity index (χ4n) is 3.72. The largest absolute Gasteiger partial charge is 0.444 e. The Kier molecular flexibility index (Phi) is 9.67. The summed E-state index contributed by atoms with van der Waals surface area (Å²) in [4.78, 5) is 24.6. The molecule has 0 unspecified atom stereocenters. The Morgan fingerprint density at radius 3 is 2.37 bits per heavy atom. The molecule has 2 fully saturated rings. The first-order valence-electron chi connectivity index (χ1n) is 10.6. The number of aliphatic imine (C=N–C) groups is 1. The molecule has 7 nitrogen and oxygen atoms in total. The summed E-state index contributed by atoms with van der Waals surface area (Å²) in [6.07, 6.45) is 2.10. The van der Waals surface area contributed by atoms with Crippen LogP contribution in [-0.4, -0.2) is 78.2 Å². The maximum atomic E-state index is 12.2. The number of piperidine rings is 1. The Bertz CT molecular complexity index is 676. The molecule has 0 bridgehead atoms. The summed E-state index contributed by atoms with van der Waals surface area (Å²) in [6, 6.07) is 4.34. The molecule has 2 aliphatic rings. The van der Waals surface area contributed by atoms with Crippen LogP contribution in [0.5, 0.6) is 0 Å². The molecule has 170 valence electrons. The van der Waals surface area contributed by atoms with Gasteiger partial charge in [0.2, 0.25) is 0 Å². The van der Waals surface area contributed by atoms with E-state index in [1.165, 1.54) is 17.7 Å². The SMILES string of the molecule is CC(C)(C)OC(=O)N1CCN(C(N)=NCC2CCN(Cc3cccs3)CC2)CC1.I. The number of rotatable bonds is 4. The van der Waals surface area contributed by atoms with Crippen molar-refractivity contribution in [1.82, 2.24) is 14.7 Å². The number of carbonyl (C=O) groups excluding carboxylic acids is 1. The number of carbonyl (C=O) groups is 1. The lowest BCUT2D eigenvalue weighted by Gasteiger charge is -2.36. The number of piperazine rings is 1. The average molecular weight is 550 g/mol. The van der Waals surface area contributed by atoms with Gasteiger partial charge in [0.05, 0.1) is 0 Å². The lowest BCUT2D eigenvalue weighted by molar-refractivity contribution is 0.0186. The van der Waals surface area contributed by atoms with E-state index < -0.39 is 5.60 Å². The van der Waals surface area contributed by atoms with Crippen LogP contribution in [0.1, 0.15) is 38.5 Å². The van der Waals surface area contributed by atoms with Crippen LogP contribution in [0.2, 0.25) is 0 Å². The second-order valence-electron chi connectivity index (χ2n) is 8.95. The summed E-state index contributed by atoms with van der Waals surface area (Å²) in [5.41, 5.74) is 5.77. The summed E-state index contributed by atoms with van der Waals surface area (Å²) in [7, 11) is 0. The first-order valence-corrected chi connectivity index (χ1v) is 11.5. The molecule has 0 spiro atoms. The van der Waals surface area contributed by atoms with Gasteiger partial charge in [-0.3, -0.25) is 9.89 Å². The fraction of sp³-hybridized carbons (Fsp3) is 0.714. The highest BCUT2D eigenvalue weighted by molar-refractivity contribution is 14.0. The van der Waals surface area contributed by atoms with Gasteiger partial charge in [-0.05, 0) is 64.1 Å². The fourth-order valence-corrected chi connectivity index (χ4v) is 4.46. The van der Waals surface area contributed by atoms with Crippen molar-refractivity contribution >= 4 is 47.4 Å². The highest BCUT2D eigenvalue weighted by atomic mass is 127. The summed E-state index contributed by atoms with van der Waals surface area (Å²) >= 11 is 1.83. The maximum Gasteiger partial charge on any atom is 0.410 e. The van der Waals surface area contributed by atoms with Crippen LogP contribution < -0.4 is 5.73 Å². The minimum absolute atomic E-state index is 0. The molecule has 9 heteroatoms. The molecular formula is C21H36IN5O2S. The molecule has 0 radical (unpaired) electrons. The molecule has 2 aliphatic heterocycles. The second-order valence-corrected chi connectivity index (χ2v) is 9.98. The molecule has 3 rings (SSSR count). The number of hydrogen-bond acceptors (Lipinski definition) is 5. The zero-order valence-corrected chi connectivity index (χ0v) is 21.5. The normalized spacial score (nSPS) is 19.5. The summed E-state index contributed by atoms with van der Waals surface area (Å²) < 4.78 is 5.44. The highest BCUT2D eigenvalue weighted by Gasteiger charge is 2.26. The molecule has 2 saturated heterocycles. The topological polar surface area (TPSA) is 74.4 Å². The number of nitrogens with zero attached hydrogens (tertiary/aromatic N) is 4. The van der Waals surface area contributed by atoms with Crippen molar-refractivity contribution in [1.29, 1.82) is 0 Å². The second kappa shape index (κ2) is 11.5. The number of thiophene rings is 1. The molecule has 30 heavy (non-hydrogen) atoms.